The number of nitro benzene ring substituents is 1. The smallest absolute Gasteiger partial charge is 0.269 e. The van der Waals surface area contributed by atoms with Crippen molar-refractivity contribution in [3.8, 4) is 11.5 Å². The standard InChI is InChI=1S/C12H9FN2O3/c13-11-7-10(5-6-12(11)14)18-9-3-1-8(2-4-9)15(16)17/h1-7H,14H2. The number of ether oxygens (including phenoxy) is 1. The molecule has 0 saturated heterocycles. The van der Waals surface area contributed by atoms with Gasteiger partial charge in [0.25, 0.3) is 5.69 Å². The Labute approximate surface area is 102 Å². The number of non-ortho nitro benzene ring substituents is 1. The molecule has 6 heteroatoms. The molecule has 18 heavy (non-hydrogen) atoms. The number of hydrogen-bond donors (Lipinski definition) is 1. The molecular formula is C12H9FN2O3. The molecule has 0 fully saturated rings. The van der Waals surface area contributed by atoms with Gasteiger partial charge in [-0.15, -0.1) is 0 Å². The molecule has 0 radical (unpaired) electrons. The number of halogens is 1. The normalized spacial score (nSPS) is 10.1. The molecule has 0 saturated carbocycles. The van der Waals surface area contributed by atoms with E-state index in [2.05, 4.69) is 0 Å². The number of nitro groups is 1. The minimum atomic E-state index is -0.575. The number of benzene rings is 2. The highest BCUT2D eigenvalue weighted by molar-refractivity contribution is 5.45. The van der Waals surface area contributed by atoms with Crippen molar-refractivity contribution in [1.82, 2.24) is 0 Å². The average molecular weight is 248 g/mol. The van der Waals surface area contributed by atoms with E-state index in [9.17, 15) is 14.5 Å². The highest BCUT2D eigenvalue weighted by atomic mass is 19.1. The van der Waals surface area contributed by atoms with Crippen LogP contribution in [0.15, 0.2) is 42.5 Å². The van der Waals surface area contributed by atoms with E-state index in [1.165, 1.54) is 36.4 Å². The lowest BCUT2D eigenvalue weighted by atomic mass is 10.3. The molecule has 0 amide bonds. The molecule has 0 aliphatic carbocycles. The second-order valence-electron chi connectivity index (χ2n) is 3.54. The van der Waals surface area contributed by atoms with Crippen molar-refractivity contribution < 1.29 is 14.1 Å². The molecule has 0 spiro atoms. The Balaban J connectivity index is 2.18. The van der Waals surface area contributed by atoms with Crippen molar-refractivity contribution in [3.63, 3.8) is 0 Å². The van der Waals surface area contributed by atoms with E-state index in [1.54, 1.807) is 0 Å². The van der Waals surface area contributed by atoms with Gasteiger partial charge in [0, 0.05) is 18.2 Å². The Kier molecular flexibility index (Phi) is 3.09. The molecule has 0 bridgehead atoms. The van der Waals surface area contributed by atoms with Crippen LogP contribution in [-0.2, 0) is 0 Å². The number of nitrogen functional groups attached to an aromatic ring is 1. The number of anilines is 1. The maximum Gasteiger partial charge on any atom is 0.269 e. The lowest BCUT2D eigenvalue weighted by Gasteiger charge is -2.06. The van der Waals surface area contributed by atoms with Gasteiger partial charge in [0.05, 0.1) is 10.6 Å². The van der Waals surface area contributed by atoms with E-state index in [4.69, 9.17) is 10.5 Å². The van der Waals surface area contributed by atoms with Crippen molar-refractivity contribution >= 4 is 11.4 Å². The van der Waals surface area contributed by atoms with Crippen LogP contribution >= 0.6 is 0 Å². The fraction of sp³-hybridized carbons (Fsp3) is 0. The third kappa shape index (κ3) is 2.54. The lowest BCUT2D eigenvalue weighted by Crippen LogP contribution is -1.92. The maximum atomic E-state index is 13.2. The molecule has 2 aromatic carbocycles. The third-order valence-electron chi connectivity index (χ3n) is 2.26. The number of hydrogen-bond acceptors (Lipinski definition) is 4. The molecule has 0 aromatic heterocycles. The van der Waals surface area contributed by atoms with Crippen molar-refractivity contribution in [1.29, 1.82) is 0 Å². The summed E-state index contributed by atoms with van der Waals surface area (Å²) in [6, 6.07) is 9.54. The molecule has 0 aliphatic rings. The van der Waals surface area contributed by atoms with Crippen LogP contribution in [0.1, 0.15) is 0 Å². The summed E-state index contributed by atoms with van der Waals surface area (Å²) in [7, 11) is 0. The minimum Gasteiger partial charge on any atom is -0.457 e. The van der Waals surface area contributed by atoms with Crippen LogP contribution in [0, 0.1) is 15.9 Å². The maximum absolute atomic E-state index is 13.2. The van der Waals surface area contributed by atoms with Crippen LogP contribution in [0.4, 0.5) is 15.8 Å². The van der Waals surface area contributed by atoms with Gasteiger partial charge in [0.15, 0.2) is 0 Å². The fourth-order valence-electron chi connectivity index (χ4n) is 1.34. The van der Waals surface area contributed by atoms with Gasteiger partial charge in [-0.2, -0.15) is 0 Å². The Hall–Kier alpha value is -2.63. The van der Waals surface area contributed by atoms with Crippen molar-refractivity contribution in [2.75, 3.05) is 5.73 Å². The molecule has 2 rings (SSSR count). The average Bonchev–Trinajstić information content (AvgIpc) is 2.34. The molecule has 5 nitrogen and oxygen atoms in total. The summed E-state index contributed by atoms with van der Waals surface area (Å²) in [5.41, 5.74) is 5.33. The number of nitrogens with two attached hydrogens (primary N) is 1. The van der Waals surface area contributed by atoms with E-state index in [0.717, 1.165) is 6.07 Å². The summed E-state index contributed by atoms with van der Waals surface area (Å²) in [6.07, 6.45) is 0. The van der Waals surface area contributed by atoms with E-state index >= 15 is 0 Å². The van der Waals surface area contributed by atoms with Gasteiger partial charge in [-0.1, -0.05) is 0 Å². The Morgan fingerprint density at radius 3 is 2.28 bits per heavy atom. The summed E-state index contributed by atoms with van der Waals surface area (Å²) in [5.74, 6) is 0.0785. The van der Waals surface area contributed by atoms with Crippen molar-refractivity contribution in [2.45, 2.75) is 0 Å². The Morgan fingerprint density at radius 2 is 1.72 bits per heavy atom. The van der Waals surface area contributed by atoms with Crippen LogP contribution < -0.4 is 10.5 Å². The zero-order valence-corrected chi connectivity index (χ0v) is 9.17. The first-order chi connectivity index (χ1) is 8.56. The Morgan fingerprint density at radius 1 is 1.11 bits per heavy atom. The van der Waals surface area contributed by atoms with Crippen LogP contribution in [0.25, 0.3) is 0 Å². The van der Waals surface area contributed by atoms with E-state index in [-0.39, 0.29) is 17.1 Å². The summed E-state index contributed by atoms with van der Waals surface area (Å²) >= 11 is 0. The number of nitrogens with zero attached hydrogens (tertiary/aromatic N) is 1. The Bertz CT molecular complexity index is 584. The molecule has 92 valence electrons. The van der Waals surface area contributed by atoms with E-state index in [0.29, 0.717) is 5.75 Å². The monoisotopic (exact) mass is 248 g/mol. The topological polar surface area (TPSA) is 78.4 Å². The zero-order valence-electron chi connectivity index (χ0n) is 9.17. The predicted molar refractivity (Wildman–Crippen MR) is 64.0 cm³/mol. The minimum absolute atomic E-state index is 0.0334. The third-order valence-corrected chi connectivity index (χ3v) is 2.26. The second-order valence-corrected chi connectivity index (χ2v) is 3.54. The summed E-state index contributed by atoms with van der Waals surface area (Å²) in [6.45, 7) is 0. The summed E-state index contributed by atoms with van der Waals surface area (Å²) < 4.78 is 18.5. The van der Waals surface area contributed by atoms with Crippen molar-refractivity contribution in [3.05, 3.63) is 58.4 Å². The van der Waals surface area contributed by atoms with Gasteiger partial charge >= 0.3 is 0 Å². The summed E-state index contributed by atoms with van der Waals surface area (Å²) in [5, 5.41) is 10.5. The van der Waals surface area contributed by atoms with Gasteiger partial charge in [-0.3, -0.25) is 10.1 Å². The van der Waals surface area contributed by atoms with Crippen molar-refractivity contribution in [2.24, 2.45) is 0 Å². The zero-order chi connectivity index (χ0) is 13.1. The van der Waals surface area contributed by atoms with Gasteiger partial charge in [-0.25, -0.2) is 4.39 Å². The molecule has 0 heterocycles. The first-order valence-corrected chi connectivity index (χ1v) is 5.03. The van der Waals surface area contributed by atoms with Crippen LogP contribution in [-0.4, -0.2) is 4.92 Å². The van der Waals surface area contributed by atoms with Gasteiger partial charge in [0.1, 0.15) is 17.3 Å². The van der Waals surface area contributed by atoms with Crippen LogP contribution in [0.2, 0.25) is 0 Å². The fourth-order valence-corrected chi connectivity index (χ4v) is 1.34. The molecule has 0 atom stereocenters. The van der Waals surface area contributed by atoms with Crippen LogP contribution in [0.3, 0.4) is 0 Å². The van der Waals surface area contributed by atoms with Gasteiger partial charge in [-0.05, 0) is 24.3 Å². The molecule has 0 aliphatic heterocycles. The lowest BCUT2D eigenvalue weighted by molar-refractivity contribution is -0.384. The van der Waals surface area contributed by atoms with Gasteiger partial charge < -0.3 is 10.5 Å². The molecule has 2 aromatic rings. The SMILES string of the molecule is Nc1ccc(Oc2ccc([N+](=O)[O-])cc2)cc1F. The highest BCUT2D eigenvalue weighted by Gasteiger charge is 2.06. The highest BCUT2D eigenvalue weighted by Crippen LogP contribution is 2.25. The number of rotatable bonds is 3. The first kappa shape index (κ1) is 11.8. The molecule has 0 unspecified atom stereocenters. The summed E-state index contributed by atoms with van der Waals surface area (Å²) in [4.78, 5) is 9.95. The van der Waals surface area contributed by atoms with E-state index in [1.807, 2.05) is 0 Å². The predicted octanol–water partition coefficient (Wildman–Crippen LogP) is 3.11. The second kappa shape index (κ2) is 4.70. The first-order valence-electron chi connectivity index (χ1n) is 5.03. The largest absolute Gasteiger partial charge is 0.457 e. The molecule has 2 N–H and O–H groups in total. The van der Waals surface area contributed by atoms with Crippen LogP contribution in [0.5, 0.6) is 11.5 Å². The quantitative estimate of drug-likeness (QED) is 0.514. The molecular weight excluding hydrogens is 239 g/mol. The van der Waals surface area contributed by atoms with Gasteiger partial charge in [0.2, 0.25) is 0 Å². The van der Waals surface area contributed by atoms with E-state index < -0.39 is 10.7 Å².